The Labute approximate surface area is 212 Å². The monoisotopic (exact) mass is 618 g/mol. The molecule has 0 aliphatic heterocycles. The normalized spacial score (nSPS) is 16.3. The summed E-state index contributed by atoms with van der Waals surface area (Å²) >= 11 is 0. The Balaban J connectivity index is 0. The van der Waals surface area contributed by atoms with Gasteiger partial charge >= 0.3 is 24.7 Å². The molecule has 37 heavy (non-hydrogen) atoms. The van der Waals surface area contributed by atoms with Crippen LogP contribution in [0, 0.1) is 11.8 Å². The van der Waals surface area contributed by atoms with Crippen LogP contribution in [0.1, 0.15) is 32.1 Å². The summed E-state index contributed by atoms with van der Waals surface area (Å²) < 4.78 is 196. The van der Waals surface area contributed by atoms with Gasteiger partial charge in [-0.2, -0.15) is 52.7 Å². The van der Waals surface area contributed by atoms with Crippen molar-refractivity contribution in [1.29, 1.82) is 0 Å². The topological polar surface area (TPSA) is 46.2 Å². The zero-order valence-corrected chi connectivity index (χ0v) is 21.3. The Morgan fingerprint density at radius 2 is 1.16 bits per heavy atom. The van der Waals surface area contributed by atoms with Gasteiger partial charge in [0.1, 0.15) is 0 Å². The highest BCUT2D eigenvalue weighted by atomic mass is 35.5. The maximum Gasteiger partial charge on any atom is 0.431 e. The first-order chi connectivity index (χ1) is 15.6. The summed E-state index contributed by atoms with van der Waals surface area (Å²) in [6, 6.07) is 0. The molecule has 0 rings (SSSR count). The highest BCUT2D eigenvalue weighted by Gasteiger charge is 2.74. The second-order valence-corrected chi connectivity index (χ2v) is 11.4. The van der Waals surface area contributed by atoms with Gasteiger partial charge in [0.15, 0.2) is 0 Å². The SMILES string of the molecule is C[N+](C)(C)CCCNS(=O)(=O)CCCC(CC(CC(F)(C(F)(F)F)C(F)(F)F)C(F)(F)F)C(F)(F)F.[Cl-]. The van der Waals surface area contributed by atoms with E-state index in [2.05, 4.69) is 4.72 Å². The average molecular weight is 619 g/mol. The van der Waals surface area contributed by atoms with E-state index in [9.17, 15) is 65.5 Å². The molecule has 1 N–H and O–H groups in total. The third kappa shape index (κ3) is 13.2. The first kappa shape index (κ1) is 38.4. The Morgan fingerprint density at radius 3 is 1.51 bits per heavy atom. The van der Waals surface area contributed by atoms with Crippen LogP contribution in [0.2, 0.25) is 0 Å². The maximum atomic E-state index is 13.8. The molecular formula is C18H28ClF13N2O2S. The molecule has 0 aromatic heterocycles. The summed E-state index contributed by atoms with van der Waals surface area (Å²) in [4.78, 5) is 0. The molecule has 0 saturated heterocycles. The number of nitrogens with zero attached hydrogens (tertiary/aromatic N) is 1. The zero-order valence-electron chi connectivity index (χ0n) is 19.8. The average Bonchev–Trinajstić information content (AvgIpc) is 2.59. The van der Waals surface area contributed by atoms with Gasteiger partial charge in [-0.05, 0) is 19.3 Å². The van der Waals surface area contributed by atoms with Gasteiger partial charge in [0.05, 0.1) is 45.3 Å². The number of halogens is 14. The Morgan fingerprint density at radius 1 is 0.730 bits per heavy atom. The second-order valence-electron chi connectivity index (χ2n) is 9.44. The molecule has 0 aliphatic carbocycles. The van der Waals surface area contributed by atoms with Crippen molar-refractivity contribution < 1.29 is 82.4 Å². The summed E-state index contributed by atoms with van der Waals surface area (Å²) in [5.41, 5.74) is -6.41. The van der Waals surface area contributed by atoms with Gasteiger partial charge in [-0.15, -0.1) is 0 Å². The Kier molecular flexibility index (Phi) is 13.6. The summed E-state index contributed by atoms with van der Waals surface area (Å²) in [7, 11) is 1.24. The maximum absolute atomic E-state index is 13.8. The van der Waals surface area contributed by atoms with Crippen molar-refractivity contribution in [1.82, 2.24) is 4.72 Å². The molecule has 4 nitrogen and oxygen atoms in total. The molecule has 0 bridgehead atoms. The van der Waals surface area contributed by atoms with E-state index in [1.165, 1.54) is 0 Å². The van der Waals surface area contributed by atoms with Gasteiger partial charge in [0, 0.05) is 19.4 Å². The van der Waals surface area contributed by atoms with Gasteiger partial charge in [-0.3, -0.25) is 0 Å². The van der Waals surface area contributed by atoms with Crippen LogP contribution < -0.4 is 17.1 Å². The molecule has 0 saturated carbocycles. The summed E-state index contributed by atoms with van der Waals surface area (Å²) in [6.07, 6.45) is -33.0. The summed E-state index contributed by atoms with van der Waals surface area (Å²) in [5.74, 6) is -8.09. The molecule has 0 heterocycles. The number of rotatable bonds is 13. The van der Waals surface area contributed by atoms with Crippen LogP contribution in [0.3, 0.4) is 0 Å². The second kappa shape index (κ2) is 13.1. The predicted octanol–water partition coefficient (Wildman–Crippen LogP) is 2.76. The van der Waals surface area contributed by atoms with Gasteiger partial charge in [-0.25, -0.2) is 17.5 Å². The first-order valence-electron chi connectivity index (χ1n) is 10.4. The molecule has 0 radical (unpaired) electrons. The van der Waals surface area contributed by atoms with E-state index in [0.29, 0.717) is 17.4 Å². The number of hydrogen-bond donors (Lipinski definition) is 1. The molecule has 0 spiro atoms. The van der Waals surface area contributed by atoms with Crippen LogP contribution in [0.25, 0.3) is 0 Å². The Hall–Kier alpha value is -0.750. The minimum atomic E-state index is -6.88. The van der Waals surface area contributed by atoms with Gasteiger partial charge in [0.2, 0.25) is 10.0 Å². The number of quaternary nitrogens is 1. The quantitative estimate of drug-likeness (QED) is 0.196. The molecule has 19 heteroatoms. The molecule has 0 fully saturated rings. The molecule has 2 atom stereocenters. The smallest absolute Gasteiger partial charge is 0.431 e. The largest absolute Gasteiger partial charge is 1.00 e. The molecule has 0 aromatic carbocycles. The fraction of sp³-hybridized carbons (Fsp3) is 1.00. The van der Waals surface area contributed by atoms with Crippen LogP contribution in [0.4, 0.5) is 57.1 Å². The molecule has 0 aliphatic rings. The Bertz CT molecular complexity index is 774. The van der Waals surface area contributed by atoms with Crippen LogP contribution in [0.15, 0.2) is 0 Å². The van der Waals surface area contributed by atoms with Gasteiger partial charge < -0.3 is 16.9 Å². The zero-order chi connectivity index (χ0) is 29.0. The van der Waals surface area contributed by atoms with E-state index < -0.39 is 83.7 Å². The number of alkyl halides is 13. The van der Waals surface area contributed by atoms with Gasteiger partial charge in [0.25, 0.3) is 5.67 Å². The van der Waals surface area contributed by atoms with Crippen LogP contribution in [-0.2, 0) is 10.0 Å². The lowest BCUT2D eigenvalue weighted by Gasteiger charge is -2.35. The highest BCUT2D eigenvalue weighted by molar-refractivity contribution is 7.89. The molecule has 2 unspecified atom stereocenters. The van der Waals surface area contributed by atoms with Crippen molar-refractivity contribution in [3.8, 4) is 0 Å². The third-order valence-corrected chi connectivity index (χ3v) is 6.68. The van der Waals surface area contributed by atoms with Gasteiger partial charge in [-0.1, -0.05) is 0 Å². The van der Waals surface area contributed by atoms with Crippen molar-refractivity contribution in [2.45, 2.75) is 62.5 Å². The van der Waals surface area contributed by atoms with E-state index in [1.54, 1.807) is 21.1 Å². The lowest BCUT2D eigenvalue weighted by Crippen LogP contribution is -3.00. The van der Waals surface area contributed by atoms with E-state index in [4.69, 9.17) is 0 Å². The lowest BCUT2D eigenvalue weighted by molar-refractivity contribution is -0.870. The van der Waals surface area contributed by atoms with E-state index in [-0.39, 0.29) is 19.0 Å². The minimum absolute atomic E-state index is 0. The summed E-state index contributed by atoms with van der Waals surface area (Å²) in [5, 5.41) is 0. The molecular weight excluding hydrogens is 591 g/mol. The summed E-state index contributed by atoms with van der Waals surface area (Å²) in [6.45, 7) is 0.424. The van der Waals surface area contributed by atoms with Crippen molar-refractivity contribution in [3.63, 3.8) is 0 Å². The van der Waals surface area contributed by atoms with Crippen molar-refractivity contribution in [2.24, 2.45) is 11.8 Å². The fourth-order valence-electron chi connectivity index (χ4n) is 3.20. The fourth-order valence-corrected chi connectivity index (χ4v) is 4.34. The van der Waals surface area contributed by atoms with Crippen molar-refractivity contribution >= 4 is 10.0 Å². The lowest BCUT2D eigenvalue weighted by atomic mass is 9.82. The number of hydrogen-bond acceptors (Lipinski definition) is 2. The molecule has 0 amide bonds. The van der Waals surface area contributed by atoms with Crippen LogP contribution in [0.5, 0.6) is 0 Å². The first-order valence-corrected chi connectivity index (χ1v) is 12.0. The predicted molar refractivity (Wildman–Crippen MR) is 103 cm³/mol. The highest BCUT2D eigenvalue weighted by Crippen LogP contribution is 2.53. The number of nitrogens with one attached hydrogen (secondary N) is 1. The van der Waals surface area contributed by atoms with Crippen molar-refractivity contribution in [2.75, 3.05) is 40.0 Å². The standard InChI is InChI=1S/C18H28F13N2O2S.ClH/c1-33(2,3)8-5-7-32-36(34,35)9-4-6-12(15(20,21)22)10-13(16(23,24)25)11-14(19,17(26,27)28)18(29,30)31;/h12-13,32H,4-11H2,1-3H3;1H/q+1;/p-1. The van der Waals surface area contributed by atoms with Crippen molar-refractivity contribution in [3.05, 3.63) is 0 Å². The minimum Gasteiger partial charge on any atom is -1.00 e. The molecule has 0 aromatic rings. The van der Waals surface area contributed by atoms with Crippen LogP contribution in [-0.4, -0.2) is 83.3 Å². The third-order valence-electron chi connectivity index (χ3n) is 5.21. The van der Waals surface area contributed by atoms with E-state index in [1.807, 2.05) is 0 Å². The number of sulfonamides is 1. The van der Waals surface area contributed by atoms with E-state index >= 15 is 0 Å². The molecule has 226 valence electrons. The van der Waals surface area contributed by atoms with Crippen LogP contribution >= 0.6 is 0 Å². The van der Waals surface area contributed by atoms with E-state index in [0.717, 1.165) is 0 Å².